The van der Waals surface area contributed by atoms with Crippen LogP contribution in [0, 0.1) is 0 Å². The monoisotopic (exact) mass is 937 g/mol. The molecule has 0 radical (unpaired) electrons. The lowest BCUT2D eigenvalue weighted by molar-refractivity contribution is -0.166. The molecule has 0 saturated carbocycles. The van der Waals surface area contributed by atoms with E-state index in [0.717, 1.165) is 135 Å². The molecule has 0 aliphatic rings. The summed E-state index contributed by atoms with van der Waals surface area (Å²) in [5.74, 6) is -1.12. The van der Waals surface area contributed by atoms with E-state index >= 15 is 0 Å². The molecule has 0 heterocycles. The van der Waals surface area contributed by atoms with Gasteiger partial charge in [0, 0.05) is 12.8 Å². The van der Waals surface area contributed by atoms with E-state index in [1.54, 1.807) is 6.08 Å². The van der Waals surface area contributed by atoms with Crippen molar-refractivity contribution in [2.45, 2.75) is 213 Å². The summed E-state index contributed by atoms with van der Waals surface area (Å²) in [7, 11) is 0. The molecule has 0 amide bonds. The molecular formula is C62H96O6. The Hall–Kier alpha value is -4.71. The Balaban J connectivity index is 4.61. The fourth-order valence-electron chi connectivity index (χ4n) is 6.63. The minimum absolute atomic E-state index is 0.111. The number of carbonyl (C=O) groups is 3. The predicted molar refractivity (Wildman–Crippen MR) is 292 cm³/mol. The average Bonchev–Trinajstić information content (AvgIpc) is 3.34. The van der Waals surface area contributed by atoms with Gasteiger partial charge in [-0.2, -0.15) is 0 Å². The van der Waals surface area contributed by atoms with E-state index in [1.807, 2.05) is 6.08 Å². The summed E-state index contributed by atoms with van der Waals surface area (Å²) in [5.41, 5.74) is 0. The van der Waals surface area contributed by atoms with E-state index in [4.69, 9.17) is 14.2 Å². The van der Waals surface area contributed by atoms with Gasteiger partial charge in [0.1, 0.15) is 13.2 Å². The lowest BCUT2D eigenvalue weighted by Crippen LogP contribution is -2.30. The molecule has 68 heavy (non-hydrogen) atoms. The van der Waals surface area contributed by atoms with Crippen molar-refractivity contribution in [2.75, 3.05) is 13.2 Å². The van der Waals surface area contributed by atoms with Crippen LogP contribution in [0.3, 0.4) is 0 Å². The lowest BCUT2D eigenvalue weighted by atomic mass is 10.1. The van der Waals surface area contributed by atoms with Crippen LogP contribution in [-0.4, -0.2) is 37.2 Å². The second-order valence-electron chi connectivity index (χ2n) is 17.0. The third-order valence-corrected chi connectivity index (χ3v) is 10.6. The third kappa shape index (κ3) is 52.3. The highest BCUT2D eigenvalue weighted by Crippen LogP contribution is 2.12. The van der Waals surface area contributed by atoms with Gasteiger partial charge in [-0.25, -0.2) is 0 Å². The van der Waals surface area contributed by atoms with Crippen LogP contribution < -0.4 is 0 Å². The first-order valence-electron chi connectivity index (χ1n) is 26.8. The van der Waals surface area contributed by atoms with Crippen molar-refractivity contribution in [1.82, 2.24) is 0 Å². The van der Waals surface area contributed by atoms with E-state index in [2.05, 4.69) is 154 Å². The molecule has 0 aliphatic carbocycles. The van der Waals surface area contributed by atoms with Crippen molar-refractivity contribution in [3.63, 3.8) is 0 Å². The van der Waals surface area contributed by atoms with Gasteiger partial charge in [-0.1, -0.05) is 212 Å². The second-order valence-corrected chi connectivity index (χ2v) is 17.0. The summed E-state index contributed by atoms with van der Waals surface area (Å²) in [5, 5.41) is 0. The topological polar surface area (TPSA) is 78.9 Å². The Labute approximate surface area is 417 Å². The molecule has 0 aromatic heterocycles. The number of carbonyl (C=O) groups excluding carboxylic acids is 3. The molecular weight excluding hydrogens is 841 g/mol. The van der Waals surface area contributed by atoms with Crippen LogP contribution in [-0.2, 0) is 28.6 Å². The number of allylic oxidation sites excluding steroid dienone is 23. The van der Waals surface area contributed by atoms with Crippen LogP contribution in [0.15, 0.2) is 146 Å². The van der Waals surface area contributed by atoms with Gasteiger partial charge in [0.15, 0.2) is 6.10 Å². The summed E-state index contributed by atoms with van der Waals surface area (Å²) in [6, 6.07) is 0. The molecule has 0 saturated heterocycles. The molecule has 0 aromatic rings. The zero-order valence-electron chi connectivity index (χ0n) is 43.3. The van der Waals surface area contributed by atoms with Crippen molar-refractivity contribution < 1.29 is 28.6 Å². The summed E-state index contributed by atoms with van der Waals surface area (Å²) in [4.78, 5) is 38.0. The maximum absolute atomic E-state index is 12.8. The molecule has 6 nitrogen and oxygen atoms in total. The molecule has 6 heteroatoms. The minimum atomic E-state index is -0.846. The van der Waals surface area contributed by atoms with Gasteiger partial charge in [-0.3, -0.25) is 14.4 Å². The summed E-state index contributed by atoms with van der Waals surface area (Å²) < 4.78 is 16.7. The fourth-order valence-corrected chi connectivity index (χ4v) is 6.63. The Morgan fingerprint density at radius 2 is 0.632 bits per heavy atom. The maximum Gasteiger partial charge on any atom is 0.309 e. The third-order valence-electron chi connectivity index (χ3n) is 10.6. The van der Waals surface area contributed by atoms with E-state index < -0.39 is 12.1 Å². The zero-order valence-corrected chi connectivity index (χ0v) is 43.3. The molecule has 0 aliphatic heterocycles. The quantitative estimate of drug-likeness (QED) is 0.0262. The van der Waals surface area contributed by atoms with E-state index in [9.17, 15) is 14.4 Å². The summed E-state index contributed by atoms with van der Waals surface area (Å²) in [6.07, 6.45) is 78.5. The Kier molecular flexibility index (Phi) is 51.1. The summed E-state index contributed by atoms with van der Waals surface area (Å²) >= 11 is 0. The van der Waals surface area contributed by atoms with Crippen molar-refractivity contribution in [2.24, 2.45) is 0 Å². The lowest BCUT2D eigenvalue weighted by Gasteiger charge is -2.18. The highest BCUT2D eigenvalue weighted by atomic mass is 16.6. The predicted octanol–water partition coefficient (Wildman–Crippen LogP) is 18.0. The van der Waals surface area contributed by atoms with Gasteiger partial charge in [0.25, 0.3) is 0 Å². The largest absolute Gasteiger partial charge is 0.462 e. The Morgan fingerprint density at radius 3 is 1.04 bits per heavy atom. The fraction of sp³-hybridized carbons (Fsp3) is 0.565. The van der Waals surface area contributed by atoms with E-state index in [0.29, 0.717) is 6.42 Å². The molecule has 0 rings (SSSR count). The van der Waals surface area contributed by atoms with Crippen LogP contribution in [0.2, 0.25) is 0 Å². The number of ether oxygens (including phenoxy) is 3. The van der Waals surface area contributed by atoms with E-state index in [1.165, 1.54) is 32.1 Å². The molecule has 0 spiro atoms. The van der Waals surface area contributed by atoms with Crippen LogP contribution in [0.1, 0.15) is 207 Å². The van der Waals surface area contributed by atoms with E-state index in [-0.39, 0.29) is 38.0 Å². The first-order chi connectivity index (χ1) is 33.5. The highest BCUT2D eigenvalue weighted by molar-refractivity contribution is 5.72. The average molecular weight is 937 g/mol. The smallest absolute Gasteiger partial charge is 0.309 e. The first kappa shape index (κ1) is 63.3. The maximum atomic E-state index is 12.8. The second kappa shape index (κ2) is 54.9. The summed E-state index contributed by atoms with van der Waals surface area (Å²) in [6.45, 7) is 6.24. The van der Waals surface area contributed by atoms with Crippen LogP contribution >= 0.6 is 0 Å². The van der Waals surface area contributed by atoms with Crippen molar-refractivity contribution in [1.29, 1.82) is 0 Å². The van der Waals surface area contributed by atoms with Crippen LogP contribution in [0.4, 0.5) is 0 Å². The number of hydrogen-bond donors (Lipinski definition) is 0. The minimum Gasteiger partial charge on any atom is -0.462 e. The van der Waals surface area contributed by atoms with Crippen LogP contribution in [0.5, 0.6) is 0 Å². The van der Waals surface area contributed by atoms with Gasteiger partial charge in [0.2, 0.25) is 0 Å². The standard InChI is InChI=1S/C62H96O6/c1-4-7-10-13-16-19-22-25-28-30-31-32-35-37-40-43-46-49-52-55-61(64)67-58-59(57-66-60(63)54-51-48-45-42-39-36-33-27-24-21-18-15-12-9-6-3)68-62(65)56-53-50-47-44-41-38-34-29-26-23-20-17-14-11-8-5-2/h7,9-10,12,16,18-21,23,25,27-29,31-34,37,39-40,42,48,51,59H,4-6,8,11,13-15,17,22,24,26,30,35-36,38,41,43-47,49-50,52-58H2,1-3H3/b10-7-,12-9-,19-16-,21-18-,23-20-,28-25-,32-31-,33-27-,34-29-,40-37-,42-39-,51-48-. The molecule has 380 valence electrons. The molecule has 0 N–H and O–H groups in total. The van der Waals surface area contributed by atoms with Gasteiger partial charge in [-0.15, -0.1) is 0 Å². The molecule has 0 bridgehead atoms. The molecule has 1 atom stereocenters. The molecule has 1 unspecified atom stereocenters. The SMILES string of the molecule is CC/C=C\C/C=C\C/C=C\C/C=C\C/C=C\CCCCCC(=O)OCC(COC(=O)C/C=C\C/C=C\C/C=C\C/C=C\C/C=C\CC)OC(=O)CCCCCCC/C=C\C/C=C\CCCCCC. The van der Waals surface area contributed by atoms with Crippen molar-refractivity contribution in [3.05, 3.63) is 146 Å². The van der Waals surface area contributed by atoms with Gasteiger partial charge in [0.05, 0.1) is 6.42 Å². The Bertz CT molecular complexity index is 1540. The van der Waals surface area contributed by atoms with Crippen molar-refractivity contribution >= 4 is 17.9 Å². The normalized spacial score (nSPS) is 13.3. The molecule has 0 aromatic carbocycles. The van der Waals surface area contributed by atoms with Crippen LogP contribution in [0.25, 0.3) is 0 Å². The number of esters is 3. The van der Waals surface area contributed by atoms with Gasteiger partial charge >= 0.3 is 17.9 Å². The number of hydrogen-bond acceptors (Lipinski definition) is 6. The molecule has 0 fully saturated rings. The highest BCUT2D eigenvalue weighted by Gasteiger charge is 2.19. The zero-order chi connectivity index (χ0) is 49.3. The van der Waals surface area contributed by atoms with Crippen molar-refractivity contribution in [3.8, 4) is 0 Å². The first-order valence-corrected chi connectivity index (χ1v) is 26.8. The van der Waals surface area contributed by atoms with Gasteiger partial charge < -0.3 is 14.2 Å². The van der Waals surface area contributed by atoms with Gasteiger partial charge in [-0.05, 0) is 122 Å². The Morgan fingerprint density at radius 1 is 0.324 bits per heavy atom. The number of unbranched alkanes of at least 4 members (excludes halogenated alkanes) is 12. The number of rotatable bonds is 46.